The van der Waals surface area contributed by atoms with E-state index in [-0.39, 0.29) is 11.3 Å². The Bertz CT molecular complexity index is 511. The molecule has 20 heavy (non-hydrogen) atoms. The highest BCUT2D eigenvalue weighted by Gasteiger charge is 2.30. The molecule has 0 spiro atoms. The maximum absolute atomic E-state index is 11.4. The molecular formula is C12H15NO7. The van der Waals surface area contributed by atoms with Crippen LogP contribution in [0.4, 0.5) is 5.69 Å². The third kappa shape index (κ3) is 3.43. The Labute approximate surface area is 115 Å². The average molecular weight is 285 g/mol. The number of rotatable bonds is 6. The first-order valence-electron chi connectivity index (χ1n) is 5.53. The maximum atomic E-state index is 11.4. The Kier molecular flexibility index (Phi) is 5.00. The number of nitro groups is 1. The van der Waals surface area contributed by atoms with Crippen molar-refractivity contribution in [2.45, 2.75) is 12.9 Å². The fourth-order valence-corrected chi connectivity index (χ4v) is 1.36. The molecule has 1 rings (SSSR count). The number of esters is 1. The summed E-state index contributed by atoms with van der Waals surface area (Å²) in [6.07, 6.45) is 0. The second-order valence-corrected chi connectivity index (χ2v) is 3.80. The van der Waals surface area contributed by atoms with Gasteiger partial charge < -0.3 is 18.9 Å². The molecule has 1 aromatic rings. The van der Waals surface area contributed by atoms with Crippen LogP contribution < -0.4 is 4.74 Å². The number of carbonyl (C=O) groups excluding carboxylic acids is 1. The fraction of sp³-hybridized carbons (Fsp3) is 0.417. The van der Waals surface area contributed by atoms with Crippen molar-refractivity contribution in [2.24, 2.45) is 0 Å². The van der Waals surface area contributed by atoms with E-state index >= 15 is 0 Å². The standard InChI is InChI=1S/C12H15NO7/c1-12(18-3,19-4)20-10-6-5-8(11(14)17-2)7-9(10)13(15)16/h5-7H,1-4H3. The van der Waals surface area contributed by atoms with Crippen molar-refractivity contribution in [3.8, 4) is 5.75 Å². The molecule has 0 amide bonds. The van der Waals surface area contributed by atoms with Crippen molar-refractivity contribution in [1.82, 2.24) is 0 Å². The smallest absolute Gasteiger partial charge is 0.338 e. The number of hydrogen-bond acceptors (Lipinski definition) is 7. The molecular weight excluding hydrogens is 270 g/mol. The summed E-state index contributed by atoms with van der Waals surface area (Å²) in [7, 11) is 3.85. The molecule has 8 nitrogen and oxygen atoms in total. The van der Waals surface area contributed by atoms with Gasteiger partial charge in [0.05, 0.1) is 17.6 Å². The first-order valence-corrected chi connectivity index (χ1v) is 5.53. The van der Waals surface area contributed by atoms with E-state index in [1.54, 1.807) is 0 Å². The molecule has 0 bridgehead atoms. The molecule has 0 atom stereocenters. The number of nitrogens with zero attached hydrogens (tertiary/aromatic N) is 1. The van der Waals surface area contributed by atoms with Gasteiger partial charge in [-0.1, -0.05) is 0 Å². The van der Waals surface area contributed by atoms with Gasteiger partial charge in [0.2, 0.25) is 5.75 Å². The predicted molar refractivity (Wildman–Crippen MR) is 67.5 cm³/mol. The van der Waals surface area contributed by atoms with Crippen molar-refractivity contribution in [3.63, 3.8) is 0 Å². The SMILES string of the molecule is COC(=O)c1ccc(OC(C)(OC)OC)c([N+](=O)[O-])c1. The van der Waals surface area contributed by atoms with Crippen LogP contribution in [0, 0.1) is 10.1 Å². The summed E-state index contributed by atoms with van der Waals surface area (Å²) in [4.78, 5) is 21.7. The Hall–Kier alpha value is -2.19. The first kappa shape index (κ1) is 15.9. The van der Waals surface area contributed by atoms with Gasteiger partial charge in [-0.3, -0.25) is 10.1 Å². The Morgan fingerprint density at radius 3 is 2.30 bits per heavy atom. The van der Waals surface area contributed by atoms with Crippen LogP contribution in [0.15, 0.2) is 18.2 Å². The van der Waals surface area contributed by atoms with Crippen LogP contribution in [-0.2, 0) is 14.2 Å². The van der Waals surface area contributed by atoms with Crippen LogP contribution in [-0.4, -0.2) is 38.2 Å². The Morgan fingerprint density at radius 1 is 1.25 bits per heavy atom. The lowest BCUT2D eigenvalue weighted by Crippen LogP contribution is -2.36. The number of nitro benzene ring substituents is 1. The molecule has 110 valence electrons. The molecule has 0 aliphatic heterocycles. The molecule has 0 heterocycles. The van der Waals surface area contributed by atoms with Gasteiger partial charge in [-0.15, -0.1) is 0 Å². The number of carbonyl (C=O) groups is 1. The minimum Gasteiger partial charge on any atom is -0.465 e. The highest BCUT2D eigenvalue weighted by molar-refractivity contribution is 5.90. The van der Waals surface area contributed by atoms with Crippen molar-refractivity contribution in [3.05, 3.63) is 33.9 Å². The molecule has 0 aliphatic carbocycles. The molecule has 0 saturated heterocycles. The van der Waals surface area contributed by atoms with Crippen molar-refractivity contribution < 1.29 is 28.7 Å². The van der Waals surface area contributed by atoms with E-state index < -0.39 is 22.6 Å². The molecule has 0 saturated carbocycles. The highest BCUT2D eigenvalue weighted by atomic mass is 16.9. The van der Waals surface area contributed by atoms with Gasteiger partial charge in [0.15, 0.2) is 0 Å². The van der Waals surface area contributed by atoms with E-state index in [1.165, 1.54) is 40.4 Å². The van der Waals surface area contributed by atoms with Crippen LogP contribution in [0.1, 0.15) is 17.3 Å². The summed E-state index contributed by atoms with van der Waals surface area (Å²) in [5.41, 5.74) is -0.351. The van der Waals surface area contributed by atoms with Gasteiger partial charge >= 0.3 is 17.6 Å². The van der Waals surface area contributed by atoms with Crippen LogP contribution in [0.3, 0.4) is 0 Å². The van der Waals surface area contributed by atoms with Crippen molar-refractivity contribution in [1.29, 1.82) is 0 Å². The molecule has 8 heteroatoms. The summed E-state index contributed by atoms with van der Waals surface area (Å²) in [6.45, 7) is 1.45. The first-order chi connectivity index (χ1) is 9.36. The van der Waals surface area contributed by atoms with Gasteiger partial charge in [0.1, 0.15) is 0 Å². The zero-order valence-electron chi connectivity index (χ0n) is 11.5. The van der Waals surface area contributed by atoms with Crippen LogP contribution in [0.2, 0.25) is 0 Å². The largest absolute Gasteiger partial charge is 0.465 e. The van der Waals surface area contributed by atoms with Gasteiger partial charge in [0.25, 0.3) is 0 Å². The van der Waals surface area contributed by atoms with Gasteiger partial charge in [-0.25, -0.2) is 4.79 Å². The summed E-state index contributed by atoms with van der Waals surface area (Å²) >= 11 is 0. The minimum absolute atomic E-state index is 0.0445. The second-order valence-electron chi connectivity index (χ2n) is 3.80. The van der Waals surface area contributed by atoms with Crippen LogP contribution in [0.25, 0.3) is 0 Å². The molecule has 0 fully saturated rings. The average Bonchev–Trinajstić information content (AvgIpc) is 2.46. The number of hydrogen-bond donors (Lipinski definition) is 0. The van der Waals surface area contributed by atoms with E-state index in [2.05, 4.69) is 4.74 Å². The molecule has 0 aliphatic rings. The summed E-state index contributed by atoms with van der Waals surface area (Å²) < 4.78 is 19.8. The monoisotopic (exact) mass is 285 g/mol. The van der Waals surface area contributed by atoms with Crippen LogP contribution in [0.5, 0.6) is 5.75 Å². The van der Waals surface area contributed by atoms with Crippen LogP contribution >= 0.6 is 0 Å². The van der Waals surface area contributed by atoms with Gasteiger partial charge in [-0.2, -0.15) is 0 Å². The Morgan fingerprint density at radius 2 is 1.85 bits per heavy atom. The third-order valence-electron chi connectivity index (χ3n) is 2.61. The minimum atomic E-state index is -1.47. The zero-order valence-corrected chi connectivity index (χ0v) is 11.5. The highest BCUT2D eigenvalue weighted by Crippen LogP contribution is 2.31. The number of benzene rings is 1. The van der Waals surface area contributed by atoms with Crippen molar-refractivity contribution in [2.75, 3.05) is 21.3 Å². The van der Waals surface area contributed by atoms with E-state index in [0.29, 0.717) is 0 Å². The number of ether oxygens (including phenoxy) is 4. The maximum Gasteiger partial charge on any atom is 0.338 e. The normalized spacial score (nSPS) is 11.0. The Balaban J connectivity index is 3.20. The van der Waals surface area contributed by atoms with E-state index in [4.69, 9.17) is 14.2 Å². The lowest BCUT2D eigenvalue weighted by Gasteiger charge is -2.26. The summed E-state index contributed by atoms with van der Waals surface area (Å²) in [6, 6.07) is 3.69. The van der Waals surface area contributed by atoms with E-state index in [9.17, 15) is 14.9 Å². The second kappa shape index (κ2) is 6.31. The quantitative estimate of drug-likeness (QED) is 0.340. The lowest BCUT2D eigenvalue weighted by atomic mass is 10.2. The molecule has 1 aromatic carbocycles. The number of methoxy groups -OCH3 is 3. The topological polar surface area (TPSA) is 97.1 Å². The molecule has 0 aromatic heterocycles. The summed E-state index contributed by atoms with van der Waals surface area (Å²) in [5, 5.41) is 11.0. The van der Waals surface area contributed by atoms with E-state index in [0.717, 1.165) is 6.07 Å². The fourth-order valence-electron chi connectivity index (χ4n) is 1.36. The lowest BCUT2D eigenvalue weighted by molar-refractivity contribution is -0.389. The summed E-state index contributed by atoms with van der Waals surface area (Å²) in [5.74, 6) is -2.24. The van der Waals surface area contributed by atoms with Crippen molar-refractivity contribution >= 4 is 11.7 Å². The zero-order chi connectivity index (χ0) is 15.3. The molecule has 0 radical (unpaired) electrons. The van der Waals surface area contributed by atoms with Gasteiger partial charge in [-0.05, 0) is 12.1 Å². The van der Waals surface area contributed by atoms with Gasteiger partial charge in [0, 0.05) is 27.2 Å². The molecule has 0 N–H and O–H groups in total. The van der Waals surface area contributed by atoms with E-state index in [1.807, 2.05) is 0 Å². The predicted octanol–water partition coefficient (Wildman–Crippen LogP) is 1.73. The molecule has 0 unspecified atom stereocenters. The third-order valence-corrected chi connectivity index (χ3v) is 2.61.